The van der Waals surface area contributed by atoms with Crippen LogP contribution in [0.2, 0.25) is 5.02 Å². The van der Waals surface area contributed by atoms with Gasteiger partial charge in [0, 0.05) is 5.69 Å². The molecule has 136 valence electrons. The third kappa shape index (κ3) is 2.77. The second-order valence-corrected chi connectivity index (χ2v) is 9.59. The number of nitrogens with zero attached hydrogens (tertiary/aromatic N) is 2. The number of rotatable bonds is 2. The monoisotopic (exact) mass is 390 g/mol. The van der Waals surface area contributed by atoms with Crippen molar-refractivity contribution in [1.29, 1.82) is 0 Å². The lowest BCUT2D eigenvalue weighted by atomic mass is 10.1. The minimum absolute atomic E-state index is 0.0304. The highest BCUT2D eigenvalue weighted by atomic mass is 35.5. The zero-order valence-corrected chi connectivity index (χ0v) is 16.1. The number of aryl methyl sites for hydroxylation is 2. The molecule has 2 aromatic rings. The van der Waals surface area contributed by atoms with Crippen molar-refractivity contribution < 1.29 is 13.2 Å². The number of benzene rings is 2. The standard InChI is InChI=1S/C19H19ClN2O3S/c1-12-7-13(2)9-14(8-12)21-17-10-26(24,25)11-18(17)22(19(21)23)16-6-4-3-5-15(16)20/h3-9,17-18H,10-11H2,1-2H3/t17-,18+/m1/s1. The number of urea groups is 1. The number of halogens is 1. The molecule has 2 aliphatic heterocycles. The molecule has 2 aromatic carbocycles. The Balaban J connectivity index is 1.86. The summed E-state index contributed by atoms with van der Waals surface area (Å²) in [6, 6.07) is 11.8. The number of carbonyl (C=O) groups is 1. The predicted molar refractivity (Wildman–Crippen MR) is 104 cm³/mol. The van der Waals surface area contributed by atoms with Crippen LogP contribution in [0.5, 0.6) is 0 Å². The number of amides is 2. The van der Waals surface area contributed by atoms with E-state index in [1.165, 1.54) is 0 Å². The molecule has 0 unspecified atom stereocenters. The predicted octanol–water partition coefficient (Wildman–Crippen LogP) is 3.57. The summed E-state index contributed by atoms with van der Waals surface area (Å²) in [7, 11) is -3.22. The summed E-state index contributed by atoms with van der Waals surface area (Å²) in [6.07, 6.45) is 0. The first-order valence-corrected chi connectivity index (χ1v) is 10.6. The Bertz CT molecular complexity index is 985. The molecule has 2 aliphatic rings. The normalized spacial score (nSPS) is 24.2. The van der Waals surface area contributed by atoms with Gasteiger partial charge in [0.25, 0.3) is 0 Å². The molecule has 0 aliphatic carbocycles. The van der Waals surface area contributed by atoms with Crippen molar-refractivity contribution in [3.05, 3.63) is 58.6 Å². The van der Waals surface area contributed by atoms with E-state index >= 15 is 0 Å². The SMILES string of the molecule is Cc1cc(C)cc(N2C(=O)N(c3ccccc3Cl)[C@H]3CS(=O)(=O)C[C@H]32)c1. The minimum atomic E-state index is -3.22. The maximum Gasteiger partial charge on any atom is 0.329 e. The van der Waals surface area contributed by atoms with Crippen LogP contribution in [0, 0.1) is 13.8 Å². The van der Waals surface area contributed by atoms with Crippen LogP contribution >= 0.6 is 11.6 Å². The lowest BCUT2D eigenvalue weighted by Gasteiger charge is -2.24. The van der Waals surface area contributed by atoms with Crippen molar-refractivity contribution in [3.8, 4) is 0 Å². The number of carbonyl (C=O) groups excluding carboxylic acids is 1. The summed E-state index contributed by atoms with van der Waals surface area (Å²) in [4.78, 5) is 16.5. The van der Waals surface area contributed by atoms with E-state index in [4.69, 9.17) is 11.6 Å². The Morgan fingerprint density at radius 3 is 2.15 bits per heavy atom. The Hall–Kier alpha value is -2.05. The molecule has 2 saturated heterocycles. The number of hydrogen-bond donors (Lipinski definition) is 0. The van der Waals surface area contributed by atoms with E-state index in [-0.39, 0.29) is 17.5 Å². The van der Waals surface area contributed by atoms with Gasteiger partial charge in [0.1, 0.15) is 0 Å². The van der Waals surface area contributed by atoms with E-state index < -0.39 is 21.9 Å². The van der Waals surface area contributed by atoms with E-state index in [9.17, 15) is 13.2 Å². The van der Waals surface area contributed by atoms with Crippen LogP contribution in [0.25, 0.3) is 0 Å². The molecule has 5 nitrogen and oxygen atoms in total. The lowest BCUT2D eigenvalue weighted by Crippen LogP contribution is -2.38. The van der Waals surface area contributed by atoms with Crippen molar-refractivity contribution in [1.82, 2.24) is 0 Å². The van der Waals surface area contributed by atoms with Crippen LogP contribution < -0.4 is 9.80 Å². The molecule has 0 radical (unpaired) electrons. The molecule has 2 amide bonds. The van der Waals surface area contributed by atoms with E-state index in [2.05, 4.69) is 0 Å². The third-order valence-corrected chi connectivity index (χ3v) is 6.98. The summed E-state index contributed by atoms with van der Waals surface area (Å²) in [5.74, 6) is -0.0761. The summed E-state index contributed by atoms with van der Waals surface area (Å²) in [5, 5.41) is 0.436. The Morgan fingerprint density at radius 2 is 1.54 bits per heavy atom. The number of para-hydroxylation sites is 1. The van der Waals surface area contributed by atoms with Crippen LogP contribution in [-0.4, -0.2) is 38.0 Å². The van der Waals surface area contributed by atoms with Gasteiger partial charge in [0.2, 0.25) is 0 Å². The summed E-state index contributed by atoms with van der Waals surface area (Å²) < 4.78 is 24.7. The molecule has 7 heteroatoms. The molecule has 2 heterocycles. The van der Waals surface area contributed by atoms with E-state index in [0.717, 1.165) is 16.8 Å². The molecule has 0 spiro atoms. The first-order valence-electron chi connectivity index (χ1n) is 8.42. The highest BCUT2D eigenvalue weighted by molar-refractivity contribution is 7.91. The largest absolute Gasteiger partial charge is 0.329 e. The number of hydrogen-bond acceptors (Lipinski definition) is 3. The zero-order valence-electron chi connectivity index (χ0n) is 14.5. The van der Waals surface area contributed by atoms with Gasteiger partial charge in [-0.2, -0.15) is 0 Å². The average Bonchev–Trinajstić information content (AvgIpc) is 2.96. The molecule has 0 bridgehead atoms. The smallest absolute Gasteiger partial charge is 0.288 e. The summed E-state index contributed by atoms with van der Waals surface area (Å²) in [5.41, 5.74) is 3.34. The minimum Gasteiger partial charge on any atom is -0.288 e. The molecular formula is C19H19ClN2O3S. The fourth-order valence-electron chi connectivity index (χ4n) is 4.02. The second-order valence-electron chi connectivity index (χ2n) is 7.03. The third-order valence-electron chi connectivity index (χ3n) is 4.97. The van der Waals surface area contributed by atoms with Crippen molar-refractivity contribution in [3.63, 3.8) is 0 Å². The topological polar surface area (TPSA) is 57.7 Å². The van der Waals surface area contributed by atoms with Crippen molar-refractivity contribution >= 4 is 38.8 Å². The number of fused-ring (bicyclic) bond motifs is 1. The first kappa shape index (κ1) is 17.4. The maximum absolute atomic E-state index is 13.3. The molecule has 0 saturated carbocycles. The molecule has 4 rings (SSSR count). The van der Waals surface area contributed by atoms with Gasteiger partial charge in [-0.05, 0) is 49.2 Å². The van der Waals surface area contributed by atoms with Gasteiger partial charge in [0.05, 0.1) is 34.3 Å². The Labute approximate surface area is 158 Å². The van der Waals surface area contributed by atoms with Gasteiger partial charge in [-0.1, -0.05) is 29.8 Å². The van der Waals surface area contributed by atoms with Gasteiger partial charge >= 0.3 is 6.03 Å². The van der Waals surface area contributed by atoms with Crippen LogP contribution in [-0.2, 0) is 9.84 Å². The summed E-state index contributed by atoms with van der Waals surface area (Å²) >= 11 is 6.31. The number of anilines is 2. The van der Waals surface area contributed by atoms with Gasteiger partial charge < -0.3 is 0 Å². The Kier molecular flexibility index (Phi) is 4.00. The molecule has 0 aromatic heterocycles. The maximum atomic E-state index is 13.3. The van der Waals surface area contributed by atoms with E-state index in [1.54, 1.807) is 34.1 Å². The molecular weight excluding hydrogens is 372 g/mol. The molecule has 0 N–H and O–H groups in total. The van der Waals surface area contributed by atoms with E-state index in [0.29, 0.717) is 10.7 Å². The van der Waals surface area contributed by atoms with Gasteiger partial charge in [-0.25, -0.2) is 13.2 Å². The quantitative estimate of drug-likeness (QED) is 0.736. The number of sulfone groups is 1. The van der Waals surface area contributed by atoms with Crippen molar-refractivity contribution in [2.75, 3.05) is 21.3 Å². The molecule has 26 heavy (non-hydrogen) atoms. The van der Waals surface area contributed by atoms with Crippen LogP contribution in [0.3, 0.4) is 0 Å². The highest BCUT2D eigenvalue weighted by Gasteiger charge is 2.54. The fourth-order valence-corrected chi connectivity index (χ4v) is 6.17. The zero-order chi connectivity index (χ0) is 18.6. The molecule has 2 atom stereocenters. The van der Waals surface area contributed by atoms with E-state index in [1.807, 2.05) is 32.0 Å². The van der Waals surface area contributed by atoms with Crippen LogP contribution in [0.4, 0.5) is 16.2 Å². The van der Waals surface area contributed by atoms with Crippen molar-refractivity contribution in [2.45, 2.75) is 25.9 Å². The second kappa shape index (κ2) is 5.99. The van der Waals surface area contributed by atoms with Crippen LogP contribution in [0.15, 0.2) is 42.5 Å². The lowest BCUT2D eigenvalue weighted by molar-refractivity contribution is 0.255. The summed E-state index contributed by atoms with van der Waals surface area (Å²) in [6.45, 7) is 3.93. The molecule has 2 fully saturated rings. The fraction of sp³-hybridized carbons (Fsp3) is 0.316. The highest BCUT2D eigenvalue weighted by Crippen LogP contribution is 2.40. The van der Waals surface area contributed by atoms with Gasteiger partial charge in [-0.15, -0.1) is 0 Å². The van der Waals surface area contributed by atoms with Crippen LogP contribution in [0.1, 0.15) is 11.1 Å². The first-order chi connectivity index (χ1) is 12.3. The van der Waals surface area contributed by atoms with Gasteiger partial charge in [0.15, 0.2) is 9.84 Å². The Morgan fingerprint density at radius 1 is 0.962 bits per heavy atom. The van der Waals surface area contributed by atoms with Crippen molar-refractivity contribution in [2.24, 2.45) is 0 Å². The van der Waals surface area contributed by atoms with Gasteiger partial charge in [-0.3, -0.25) is 9.80 Å². The average molecular weight is 391 g/mol.